The average molecular weight is 387 g/mol. The van der Waals surface area contributed by atoms with Crippen molar-refractivity contribution in [1.82, 2.24) is 0 Å². The second-order valence-corrected chi connectivity index (χ2v) is 7.74. The van der Waals surface area contributed by atoms with E-state index in [1.807, 2.05) is 13.8 Å². The van der Waals surface area contributed by atoms with Crippen molar-refractivity contribution in [2.75, 3.05) is 13.7 Å². The number of ketones is 1. The monoisotopic (exact) mass is 387 g/mol. The van der Waals surface area contributed by atoms with Crippen LogP contribution in [0.2, 0.25) is 0 Å². The summed E-state index contributed by atoms with van der Waals surface area (Å²) in [5.41, 5.74) is 6.92. The maximum Gasteiger partial charge on any atom is 0.340 e. The molecule has 7 nitrogen and oxygen atoms in total. The van der Waals surface area contributed by atoms with E-state index in [9.17, 15) is 14.7 Å². The number of carbonyl (C=O) groups excluding carboxylic acids is 2. The van der Waals surface area contributed by atoms with Crippen LogP contribution in [0.3, 0.4) is 0 Å². The number of aromatic hydroxyl groups is 1. The summed E-state index contributed by atoms with van der Waals surface area (Å²) in [6.45, 7) is 5.82. The molecule has 2 aliphatic rings. The quantitative estimate of drug-likeness (QED) is 0.765. The number of hydrogen-bond acceptors (Lipinski definition) is 7. The molecule has 1 aliphatic heterocycles. The van der Waals surface area contributed by atoms with E-state index in [0.717, 1.165) is 0 Å². The van der Waals surface area contributed by atoms with E-state index in [0.29, 0.717) is 29.7 Å². The van der Waals surface area contributed by atoms with E-state index in [4.69, 9.17) is 19.9 Å². The third-order valence-electron chi connectivity index (χ3n) is 4.99. The average Bonchev–Trinajstić information content (AvgIpc) is 2.60. The molecule has 3 N–H and O–H groups in total. The van der Waals surface area contributed by atoms with Gasteiger partial charge in [-0.3, -0.25) is 4.79 Å². The summed E-state index contributed by atoms with van der Waals surface area (Å²) in [4.78, 5) is 25.7. The highest BCUT2D eigenvalue weighted by Gasteiger charge is 2.45. The number of phenols is 1. The van der Waals surface area contributed by atoms with E-state index in [2.05, 4.69) is 0 Å². The van der Waals surface area contributed by atoms with Crippen LogP contribution in [-0.2, 0) is 19.1 Å². The number of benzene rings is 1. The van der Waals surface area contributed by atoms with Gasteiger partial charge in [-0.1, -0.05) is 19.9 Å². The minimum atomic E-state index is -0.749. The van der Waals surface area contributed by atoms with Gasteiger partial charge in [0.25, 0.3) is 0 Å². The second kappa shape index (κ2) is 7.22. The first-order chi connectivity index (χ1) is 13.2. The molecule has 7 heteroatoms. The van der Waals surface area contributed by atoms with Gasteiger partial charge < -0.3 is 25.1 Å². The number of methoxy groups -OCH3 is 1. The largest absolute Gasteiger partial charge is 0.504 e. The minimum Gasteiger partial charge on any atom is -0.504 e. The van der Waals surface area contributed by atoms with Crippen molar-refractivity contribution in [2.24, 2.45) is 11.1 Å². The summed E-state index contributed by atoms with van der Waals surface area (Å²) in [7, 11) is 1.43. The molecule has 150 valence electrons. The highest BCUT2D eigenvalue weighted by atomic mass is 16.5. The Morgan fingerprint density at radius 3 is 2.71 bits per heavy atom. The zero-order chi connectivity index (χ0) is 20.6. The maximum absolute atomic E-state index is 13.0. The summed E-state index contributed by atoms with van der Waals surface area (Å²) < 4.78 is 16.1. The third kappa shape index (κ3) is 3.44. The van der Waals surface area contributed by atoms with Crippen molar-refractivity contribution in [3.63, 3.8) is 0 Å². The number of carbonyl (C=O) groups is 2. The highest BCUT2D eigenvalue weighted by Crippen LogP contribution is 2.49. The fraction of sp³-hybridized carbons (Fsp3) is 0.429. The Kier molecular flexibility index (Phi) is 5.10. The summed E-state index contributed by atoms with van der Waals surface area (Å²) in [6, 6.07) is 4.69. The van der Waals surface area contributed by atoms with Gasteiger partial charge in [-0.2, -0.15) is 0 Å². The lowest BCUT2D eigenvalue weighted by Crippen LogP contribution is -2.35. The van der Waals surface area contributed by atoms with Gasteiger partial charge in [-0.25, -0.2) is 4.79 Å². The molecule has 0 bridgehead atoms. The number of nitrogens with two attached hydrogens (primary N) is 1. The fourth-order valence-electron chi connectivity index (χ4n) is 3.80. The Labute approximate surface area is 163 Å². The first-order valence-corrected chi connectivity index (χ1v) is 9.16. The van der Waals surface area contributed by atoms with E-state index in [1.54, 1.807) is 19.1 Å². The van der Waals surface area contributed by atoms with Crippen molar-refractivity contribution in [3.05, 3.63) is 46.6 Å². The van der Waals surface area contributed by atoms with Crippen LogP contribution < -0.4 is 10.5 Å². The molecular weight excluding hydrogens is 362 g/mol. The van der Waals surface area contributed by atoms with E-state index >= 15 is 0 Å². The SMILES string of the molecule is CCOC(=O)C1=C(N)OC2=C(C(=O)CC(C)(C)C2)C1c1ccc(O)c(OC)c1. The van der Waals surface area contributed by atoms with Gasteiger partial charge in [0.15, 0.2) is 17.3 Å². The van der Waals surface area contributed by atoms with Crippen molar-refractivity contribution in [3.8, 4) is 11.5 Å². The van der Waals surface area contributed by atoms with Crippen LogP contribution in [0.25, 0.3) is 0 Å². The van der Waals surface area contributed by atoms with Crippen LogP contribution in [0, 0.1) is 5.41 Å². The van der Waals surface area contributed by atoms with Gasteiger partial charge in [0, 0.05) is 18.4 Å². The minimum absolute atomic E-state index is 0.0433. The summed E-state index contributed by atoms with van der Waals surface area (Å²) in [6.07, 6.45) is 0.855. The van der Waals surface area contributed by atoms with Gasteiger partial charge >= 0.3 is 5.97 Å². The number of esters is 1. The Balaban J connectivity index is 2.21. The van der Waals surface area contributed by atoms with Crippen LogP contribution in [-0.4, -0.2) is 30.6 Å². The zero-order valence-electron chi connectivity index (χ0n) is 16.5. The Bertz CT molecular complexity index is 896. The maximum atomic E-state index is 13.0. The van der Waals surface area contributed by atoms with Gasteiger partial charge in [0.05, 0.1) is 19.6 Å². The second-order valence-electron chi connectivity index (χ2n) is 7.74. The van der Waals surface area contributed by atoms with Gasteiger partial charge in [-0.15, -0.1) is 0 Å². The smallest absolute Gasteiger partial charge is 0.340 e. The highest BCUT2D eigenvalue weighted by molar-refractivity contribution is 6.03. The zero-order valence-corrected chi connectivity index (χ0v) is 16.5. The summed E-state index contributed by atoms with van der Waals surface area (Å²) in [5, 5.41) is 9.94. The molecule has 3 rings (SSSR count). The molecule has 0 amide bonds. The number of rotatable bonds is 4. The first-order valence-electron chi connectivity index (χ1n) is 9.16. The number of hydrogen-bond donors (Lipinski definition) is 2. The Hall–Kier alpha value is -2.96. The van der Waals surface area contributed by atoms with E-state index in [1.165, 1.54) is 13.2 Å². The lowest BCUT2D eigenvalue weighted by atomic mass is 9.70. The molecule has 0 saturated heterocycles. The summed E-state index contributed by atoms with van der Waals surface area (Å²) in [5.74, 6) is -0.891. The molecule has 1 unspecified atom stereocenters. The van der Waals surface area contributed by atoms with Crippen LogP contribution in [0.5, 0.6) is 11.5 Å². The van der Waals surface area contributed by atoms with Crippen LogP contribution in [0.15, 0.2) is 41.0 Å². The summed E-state index contributed by atoms with van der Waals surface area (Å²) >= 11 is 0. The molecule has 1 aliphatic carbocycles. The van der Waals surface area contributed by atoms with Gasteiger partial charge in [0.2, 0.25) is 5.88 Å². The molecule has 28 heavy (non-hydrogen) atoms. The Morgan fingerprint density at radius 2 is 2.07 bits per heavy atom. The standard InChI is InChI=1S/C21H25NO6/c1-5-27-20(25)18-16(11-6-7-12(23)14(8-11)26-4)17-13(24)9-21(2,3)10-15(17)28-19(18)22/h6-8,16,23H,5,9-10,22H2,1-4H3. The topological polar surface area (TPSA) is 108 Å². The molecule has 1 aromatic rings. The number of ether oxygens (including phenoxy) is 3. The predicted octanol–water partition coefficient (Wildman–Crippen LogP) is 2.89. The number of Topliss-reactive ketones (excluding diaryl/α,β-unsaturated/α-hetero) is 1. The van der Waals surface area contributed by atoms with E-state index in [-0.39, 0.29) is 40.8 Å². The molecule has 0 saturated carbocycles. The fourth-order valence-corrected chi connectivity index (χ4v) is 3.80. The molecular formula is C21H25NO6. The van der Waals surface area contributed by atoms with Crippen molar-refractivity contribution in [2.45, 2.75) is 39.5 Å². The van der Waals surface area contributed by atoms with Crippen molar-refractivity contribution < 1.29 is 28.9 Å². The molecule has 1 aromatic carbocycles. The molecule has 1 atom stereocenters. The number of allylic oxidation sites excluding steroid dienone is 2. The molecule has 0 fully saturated rings. The third-order valence-corrected chi connectivity index (χ3v) is 4.99. The van der Waals surface area contributed by atoms with E-state index < -0.39 is 11.9 Å². The van der Waals surface area contributed by atoms with Gasteiger partial charge in [0.1, 0.15) is 11.3 Å². The predicted molar refractivity (Wildman–Crippen MR) is 101 cm³/mol. The van der Waals surface area contributed by atoms with Crippen LogP contribution in [0.1, 0.15) is 45.1 Å². The van der Waals surface area contributed by atoms with Crippen molar-refractivity contribution in [1.29, 1.82) is 0 Å². The molecule has 0 aromatic heterocycles. The first kappa shape index (κ1) is 19.8. The molecule has 1 heterocycles. The lowest BCUT2D eigenvalue weighted by Gasteiger charge is -2.38. The molecule has 0 radical (unpaired) electrons. The lowest BCUT2D eigenvalue weighted by molar-refractivity contribution is -0.139. The van der Waals surface area contributed by atoms with Gasteiger partial charge in [-0.05, 0) is 30.0 Å². The Morgan fingerprint density at radius 1 is 1.36 bits per heavy atom. The molecule has 0 spiro atoms. The number of phenolic OH excluding ortho intramolecular Hbond substituents is 1. The van der Waals surface area contributed by atoms with Crippen LogP contribution in [0.4, 0.5) is 0 Å². The van der Waals surface area contributed by atoms with Crippen molar-refractivity contribution >= 4 is 11.8 Å². The normalized spacial score (nSPS) is 21.1. The van der Waals surface area contributed by atoms with Crippen LogP contribution >= 0.6 is 0 Å².